The molecule has 0 spiro atoms. The maximum atomic E-state index is 12.9. The van der Waals surface area contributed by atoms with Crippen molar-refractivity contribution in [3.05, 3.63) is 0 Å². The maximum Gasteiger partial charge on any atom is 0.331 e. The average Bonchev–Trinajstić information content (AvgIpc) is 3.54. The Bertz CT molecular complexity index is 937. The van der Waals surface area contributed by atoms with E-state index in [1.165, 1.54) is 11.8 Å². The molecule has 0 bridgehead atoms. The van der Waals surface area contributed by atoms with Crippen molar-refractivity contribution in [2.24, 2.45) is 10.8 Å². The Hall–Kier alpha value is -2.69. The van der Waals surface area contributed by atoms with Crippen LogP contribution in [-0.2, 0) is 42.9 Å². The van der Waals surface area contributed by atoms with Gasteiger partial charge in [-0.25, -0.2) is 9.59 Å². The van der Waals surface area contributed by atoms with E-state index in [9.17, 15) is 24.0 Å². The predicted molar refractivity (Wildman–Crippen MR) is 150 cm³/mol. The highest BCUT2D eigenvalue weighted by Gasteiger charge is 2.38. The minimum Gasteiger partial charge on any atom is -0.435 e. The summed E-state index contributed by atoms with van der Waals surface area (Å²) < 4.78 is 21.6. The van der Waals surface area contributed by atoms with Crippen molar-refractivity contribution in [3.63, 3.8) is 0 Å². The molecule has 11 heteroatoms. The molecule has 41 heavy (non-hydrogen) atoms. The molecule has 0 radical (unpaired) electrons. The molecule has 2 aliphatic heterocycles. The van der Waals surface area contributed by atoms with Gasteiger partial charge in [-0.05, 0) is 71.6 Å². The molecule has 0 aromatic carbocycles. The normalized spacial score (nSPS) is 20.9. The van der Waals surface area contributed by atoms with Crippen molar-refractivity contribution in [2.45, 2.75) is 131 Å². The molecule has 2 rings (SSSR count). The zero-order valence-corrected chi connectivity index (χ0v) is 26.2. The van der Waals surface area contributed by atoms with E-state index in [4.69, 9.17) is 18.9 Å². The van der Waals surface area contributed by atoms with Crippen LogP contribution in [0.2, 0.25) is 0 Å². The van der Waals surface area contributed by atoms with E-state index in [2.05, 4.69) is 0 Å². The van der Waals surface area contributed by atoms with E-state index in [1.54, 1.807) is 32.6 Å². The van der Waals surface area contributed by atoms with Crippen LogP contribution in [0.1, 0.15) is 107 Å². The van der Waals surface area contributed by atoms with Gasteiger partial charge in [0.2, 0.25) is 18.1 Å². The molecule has 2 aliphatic rings. The first-order chi connectivity index (χ1) is 19.0. The number of unbranched alkanes of at least 4 members (excludes halogenated alkanes) is 1. The average molecular weight is 583 g/mol. The number of carbonyl (C=O) groups excluding carboxylic acids is 5. The number of carbonyl (C=O) groups is 5. The summed E-state index contributed by atoms with van der Waals surface area (Å²) in [5, 5.41) is 0. The van der Waals surface area contributed by atoms with E-state index in [0.717, 1.165) is 6.42 Å². The van der Waals surface area contributed by atoms with Crippen LogP contribution in [0.3, 0.4) is 0 Å². The van der Waals surface area contributed by atoms with Gasteiger partial charge >= 0.3 is 17.9 Å². The molecule has 0 aromatic heterocycles. The van der Waals surface area contributed by atoms with E-state index in [0.29, 0.717) is 51.8 Å². The highest BCUT2D eigenvalue weighted by molar-refractivity contribution is 5.86. The smallest absolute Gasteiger partial charge is 0.331 e. The third-order valence-corrected chi connectivity index (χ3v) is 6.92. The number of esters is 3. The Morgan fingerprint density at radius 2 is 1.15 bits per heavy atom. The minimum atomic E-state index is -1.05. The second-order valence-electron chi connectivity index (χ2n) is 13.2. The minimum absolute atomic E-state index is 0.0580. The van der Waals surface area contributed by atoms with Gasteiger partial charge in [-0.2, -0.15) is 0 Å². The molecule has 11 nitrogen and oxygen atoms in total. The van der Waals surface area contributed by atoms with Gasteiger partial charge < -0.3 is 28.7 Å². The Kier molecular flexibility index (Phi) is 12.6. The first kappa shape index (κ1) is 34.5. The molecule has 0 aliphatic carbocycles. The summed E-state index contributed by atoms with van der Waals surface area (Å²) >= 11 is 0. The van der Waals surface area contributed by atoms with Crippen molar-refractivity contribution in [1.82, 2.24) is 9.80 Å². The number of amides is 2. The lowest BCUT2D eigenvalue weighted by Crippen LogP contribution is -2.43. The monoisotopic (exact) mass is 582 g/mol. The summed E-state index contributed by atoms with van der Waals surface area (Å²) in [6.45, 7) is 15.7. The van der Waals surface area contributed by atoms with Crippen LogP contribution in [0.15, 0.2) is 0 Å². The van der Waals surface area contributed by atoms with Crippen molar-refractivity contribution in [1.29, 1.82) is 0 Å². The van der Waals surface area contributed by atoms with Gasteiger partial charge in [0.05, 0.1) is 12.0 Å². The fraction of sp³-hybridized carbons (Fsp3) is 0.833. The van der Waals surface area contributed by atoms with Gasteiger partial charge in [0.1, 0.15) is 12.1 Å². The Morgan fingerprint density at radius 1 is 0.707 bits per heavy atom. The predicted octanol–water partition coefficient (Wildman–Crippen LogP) is 3.96. The third-order valence-electron chi connectivity index (χ3n) is 6.92. The van der Waals surface area contributed by atoms with Gasteiger partial charge in [0, 0.05) is 32.9 Å². The van der Waals surface area contributed by atoms with E-state index in [-0.39, 0.29) is 30.1 Å². The summed E-state index contributed by atoms with van der Waals surface area (Å²) in [7, 11) is 0. The van der Waals surface area contributed by atoms with Crippen molar-refractivity contribution >= 4 is 29.7 Å². The molecule has 2 unspecified atom stereocenters. The van der Waals surface area contributed by atoms with Crippen LogP contribution in [0.5, 0.6) is 0 Å². The summed E-state index contributed by atoms with van der Waals surface area (Å²) in [4.78, 5) is 66.3. The van der Waals surface area contributed by atoms with Crippen molar-refractivity contribution in [2.75, 3.05) is 19.7 Å². The number of rotatable bonds is 12. The molecular formula is C30H50N2O9. The molecule has 2 saturated heterocycles. The molecule has 0 aromatic rings. The molecule has 2 heterocycles. The second-order valence-corrected chi connectivity index (χ2v) is 13.2. The SMILES string of the molecule is CC(OCC(C)(C)C)OC(=O)[C@H]1CCCN1C(=O)CCCCC(=O)N1CCC[C@@H]1C(=O)OC(C)OC(=O)C(C)(C)C. The summed E-state index contributed by atoms with van der Waals surface area (Å²) in [5.74, 6) is -1.85. The number of nitrogens with zero attached hydrogens (tertiary/aromatic N) is 2. The molecule has 0 saturated carbocycles. The largest absolute Gasteiger partial charge is 0.435 e. The highest BCUT2D eigenvalue weighted by Crippen LogP contribution is 2.24. The molecule has 4 atom stereocenters. The zero-order valence-electron chi connectivity index (χ0n) is 26.2. The fourth-order valence-electron chi connectivity index (χ4n) is 4.70. The van der Waals surface area contributed by atoms with Crippen molar-refractivity contribution < 1.29 is 42.9 Å². The van der Waals surface area contributed by atoms with Crippen LogP contribution in [0.4, 0.5) is 0 Å². The number of hydrogen-bond acceptors (Lipinski definition) is 9. The van der Waals surface area contributed by atoms with E-state index >= 15 is 0 Å². The summed E-state index contributed by atoms with van der Waals surface area (Å²) in [6.07, 6.45) is 2.05. The van der Waals surface area contributed by atoms with Crippen LogP contribution in [0, 0.1) is 10.8 Å². The van der Waals surface area contributed by atoms with Gasteiger partial charge in [-0.3, -0.25) is 14.4 Å². The Balaban J connectivity index is 1.76. The van der Waals surface area contributed by atoms with Gasteiger partial charge in [0.15, 0.2) is 6.29 Å². The number of hydrogen-bond donors (Lipinski definition) is 0. The lowest BCUT2D eigenvalue weighted by molar-refractivity contribution is -0.193. The maximum absolute atomic E-state index is 12.9. The summed E-state index contributed by atoms with van der Waals surface area (Å²) in [5.41, 5.74) is -0.784. The molecule has 0 N–H and O–H groups in total. The van der Waals surface area contributed by atoms with Crippen LogP contribution in [0.25, 0.3) is 0 Å². The molecular weight excluding hydrogens is 532 g/mol. The third kappa shape index (κ3) is 11.2. The topological polar surface area (TPSA) is 129 Å². The first-order valence-electron chi connectivity index (χ1n) is 14.8. The standard InChI is InChI=1S/C30H50N2O9/c1-20(38-19-29(3,4)5)39-26(35)22-13-11-17-31(22)24(33)15-9-10-16-25(34)32-18-12-14-23(32)27(36)40-21(2)41-28(37)30(6,7)8/h20-23H,9-19H2,1-8H3/t20?,21?,22-,23-/m1/s1. The lowest BCUT2D eigenvalue weighted by Gasteiger charge is -2.26. The van der Waals surface area contributed by atoms with Gasteiger partial charge in [0.25, 0.3) is 0 Å². The van der Waals surface area contributed by atoms with Crippen LogP contribution >= 0.6 is 0 Å². The molecule has 2 amide bonds. The fourth-order valence-corrected chi connectivity index (χ4v) is 4.70. The zero-order chi connectivity index (χ0) is 31.0. The lowest BCUT2D eigenvalue weighted by atomic mass is 9.97. The van der Waals surface area contributed by atoms with Gasteiger partial charge in [-0.15, -0.1) is 0 Å². The number of likely N-dealkylation sites (tertiary alicyclic amines) is 2. The molecule has 2 fully saturated rings. The van der Waals surface area contributed by atoms with Crippen molar-refractivity contribution in [3.8, 4) is 0 Å². The van der Waals surface area contributed by atoms with Crippen LogP contribution in [-0.4, -0.2) is 83.9 Å². The molecule has 234 valence electrons. The first-order valence-corrected chi connectivity index (χ1v) is 14.8. The van der Waals surface area contributed by atoms with E-state index < -0.39 is 48.0 Å². The van der Waals surface area contributed by atoms with Crippen LogP contribution < -0.4 is 0 Å². The highest BCUT2D eigenvalue weighted by atomic mass is 16.7. The van der Waals surface area contributed by atoms with Gasteiger partial charge in [-0.1, -0.05) is 20.8 Å². The number of ether oxygens (including phenoxy) is 4. The second kappa shape index (κ2) is 15.0. The summed E-state index contributed by atoms with van der Waals surface area (Å²) in [6, 6.07) is -1.34. The Labute approximate surface area is 244 Å². The van der Waals surface area contributed by atoms with E-state index in [1.807, 2.05) is 20.8 Å². The quantitative estimate of drug-likeness (QED) is 0.191. The Morgan fingerprint density at radius 3 is 1.56 bits per heavy atom.